The molecule has 0 bridgehead atoms. The van der Waals surface area contributed by atoms with E-state index in [2.05, 4.69) is 20.1 Å². The largest absolute Gasteiger partial charge is 0.497 e. The number of rotatable bonds is 6. The number of benzene rings is 3. The van der Waals surface area contributed by atoms with Crippen molar-refractivity contribution < 1.29 is 13.9 Å². The van der Waals surface area contributed by atoms with Crippen molar-refractivity contribution in [1.82, 2.24) is 10.3 Å². The molecule has 3 aromatic carbocycles. The molecule has 7 heteroatoms. The maximum absolute atomic E-state index is 13.3. The van der Waals surface area contributed by atoms with Gasteiger partial charge in [0.15, 0.2) is 0 Å². The Balaban J connectivity index is 1.31. The van der Waals surface area contributed by atoms with E-state index in [1.165, 1.54) is 12.1 Å². The smallest absolute Gasteiger partial charge is 0.251 e. The highest BCUT2D eigenvalue weighted by Gasteiger charge is 2.20. The number of halogens is 1. The lowest BCUT2D eigenvalue weighted by Gasteiger charge is -2.37. The second-order valence-electron chi connectivity index (χ2n) is 8.56. The minimum Gasteiger partial charge on any atom is -0.497 e. The molecule has 5 rings (SSSR count). The van der Waals surface area contributed by atoms with Crippen LogP contribution in [0.25, 0.3) is 10.8 Å². The molecule has 1 aliphatic rings. The van der Waals surface area contributed by atoms with Crippen molar-refractivity contribution in [3.63, 3.8) is 0 Å². The molecule has 35 heavy (non-hydrogen) atoms. The number of carbonyl (C=O) groups is 1. The van der Waals surface area contributed by atoms with Crippen molar-refractivity contribution in [3.05, 3.63) is 95.9 Å². The van der Waals surface area contributed by atoms with Gasteiger partial charge in [-0.25, -0.2) is 9.37 Å². The lowest BCUT2D eigenvalue weighted by Crippen LogP contribution is -2.46. The number of pyridine rings is 1. The summed E-state index contributed by atoms with van der Waals surface area (Å²) in [5.74, 6) is 1.28. The van der Waals surface area contributed by atoms with Gasteiger partial charge in [-0.1, -0.05) is 18.2 Å². The number of methoxy groups -OCH3 is 1. The maximum atomic E-state index is 13.3. The van der Waals surface area contributed by atoms with E-state index in [0.717, 1.165) is 59.8 Å². The van der Waals surface area contributed by atoms with Gasteiger partial charge in [0.25, 0.3) is 5.91 Å². The molecule has 1 N–H and O–H groups in total. The number of anilines is 2. The molecule has 1 saturated heterocycles. The lowest BCUT2D eigenvalue weighted by molar-refractivity contribution is 0.0951. The molecule has 0 spiro atoms. The van der Waals surface area contributed by atoms with Crippen LogP contribution in [0.15, 0.2) is 79.0 Å². The number of piperazine rings is 1. The Labute approximate surface area is 204 Å². The van der Waals surface area contributed by atoms with Crippen LogP contribution >= 0.6 is 0 Å². The van der Waals surface area contributed by atoms with Crippen LogP contribution in [0, 0.1) is 5.82 Å². The predicted molar refractivity (Wildman–Crippen MR) is 137 cm³/mol. The highest BCUT2D eigenvalue weighted by atomic mass is 19.1. The minimum absolute atomic E-state index is 0.134. The van der Waals surface area contributed by atoms with Gasteiger partial charge >= 0.3 is 0 Å². The maximum Gasteiger partial charge on any atom is 0.251 e. The Morgan fingerprint density at radius 3 is 2.51 bits per heavy atom. The Bertz CT molecular complexity index is 1330. The van der Waals surface area contributed by atoms with Crippen LogP contribution in [0.3, 0.4) is 0 Å². The first-order valence-corrected chi connectivity index (χ1v) is 11.7. The van der Waals surface area contributed by atoms with Gasteiger partial charge in [-0.3, -0.25) is 4.79 Å². The van der Waals surface area contributed by atoms with E-state index in [0.29, 0.717) is 12.1 Å². The van der Waals surface area contributed by atoms with Crippen molar-refractivity contribution >= 4 is 28.2 Å². The number of hydrogen-bond acceptors (Lipinski definition) is 5. The molecule has 0 radical (unpaired) electrons. The van der Waals surface area contributed by atoms with Gasteiger partial charge < -0.3 is 19.9 Å². The molecule has 4 aromatic rings. The van der Waals surface area contributed by atoms with Crippen LogP contribution in [-0.4, -0.2) is 44.2 Å². The minimum atomic E-state index is -0.226. The molecule has 6 nitrogen and oxygen atoms in total. The zero-order chi connectivity index (χ0) is 24.2. The number of carbonyl (C=O) groups excluding carboxylic acids is 1. The summed E-state index contributed by atoms with van der Waals surface area (Å²) in [4.78, 5) is 22.1. The zero-order valence-corrected chi connectivity index (χ0v) is 19.6. The van der Waals surface area contributed by atoms with Crippen molar-refractivity contribution in [3.8, 4) is 5.75 Å². The summed E-state index contributed by atoms with van der Waals surface area (Å²) >= 11 is 0. The van der Waals surface area contributed by atoms with Crippen molar-refractivity contribution in [1.29, 1.82) is 0 Å². The number of nitrogens with zero attached hydrogens (tertiary/aromatic N) is 3. The first-order valence-electron chi connectivity index (χ1n) is 11.7. The monoisotopic (exact) mass is 470 g/mol. The number of nitrogens with one attached hydrogen (secondary N) is 1. The molecular formula is C28H27FN4O2. The van der Waals surface area contributed by atoms with E-state index in [-0.39, 0.29) is 11.7 Å². The van der Waals surface area contributed by atoms with Crippen molar-refractivity contribution in [2.24, 2.45) is 0 Å². The van der Waals surface area contributed by atoms with Crippen LogP contribution < -0.4 is 19.9 Å². The van der Waals surface area contributed by atoms with E-state index in [1.807, 2.05) is 66.9 Å². The lowest BCUT2D eigenvalue weighted by atomic mass is 10.1. The average Bonchev–Trinajstić information content (AvgIpc) is 2.92. The Morgan fingerprint density at radius 2 is 1.74 bits per heavy atom. The van der Waals surface area contributed by atoms with E-state index in [1.54, 1.807) is 7.11 Å². The summed E-state index contributed by atoms with van der Waals surface area (Å²) in [5, 5.41) is 4.99. The summed E-state index contributed by atoms with van der Waals surface area (Å²) in [5.41, 5.74) is 2.59. The van der Waals surface area contributed by atoms with Gasteiger partial charge in [0.1, 0.15) is 17.4 Å². The quantitative estimate of drug-likeness (QED) is 0.445. The molecule has 0 atom stereocenters. The van der Waals surface area contributed by atoms with Gasteiger partial charge in [0, 0.05) is 55.6 Å². The number of hydrogen-bond donors (Lipinski definition) is 1. The first-order chi connectivity index (χ1) is 17.1. The van der Waals surface area contributed by atoms with Gasteiger partial charge in [0.2, 0.25) is 0 Å². The van der Waals surface area contributed by atoms with Crippen LogP contribution in [-0.2, 0) is 6.54 Å². The van der Waals surface area contributed by atoms with Crippen LogP contribution in [0.2, 0.25) is 0 Å². The summed E-state index contributed by atoms with van der Waals surface area (Å²) in [6.45, 7) is 3.61. The first kappa shape index (κ1) is 22.7. The molecule has 1 aromatic heterocycles. The standard InChI is InChI=1S/C28H27FN4O2/c1-35-25-4-2-3-20(17-25)19-31-28(34)22-6-5-21-11-12-30-27(26(21)18-22)33-15-13-32(14-16-33)24-9-7-23(29)8-10-24/h2-12,17-18H,13-16,19H2,1H3,(H,31,34). The number of fused-ring (bicyclic) bond motifs is 1. The third-order valence-electron chi connectivity index (χ3n) is 6.37. The fraction of sp³-hybridized carbons (Fsp3) is 0.214. The van der Waals surface area contributed by atoms with Gasteiger partial charge in [-0.2, -0.15) is 0 Å². The van der Waals surface area contributed by atoms with Gasteiger partial charge in [0.05, 0.1) is 7.11 Å². The van der Waals surface area contributed by atoms with Crippen molar-refractivity contribution in [2.45, 2.75) is 6.54 Å². The van der Waals surface area contributed by atoms with Gasteiger partial charge in [-0.05, 0) is 65.5 Å². The SMILES string of the molecule is COc1cccc(CNC(=O)c2ccc3ccnc(N4CCN(c5ccc(F)cc5)CC4)c3c2)c1. The second-order valence-corrected chi connectivity index (χ2v) is 8.56. The number of ether oxygens (including phenoxy) is 1. The summed E-state index contributed by atoms with van der Waals surface area (Å²) in [7, 11) is 1.63. The molecule has 0 aliphatic carbocycles. The molecule has 0 saturated carbocycles. The molecule has 1 aliphatic heterocycles. The van der Waals surface area contributed by atoms with Gasteiger partial charge in [-0.15, -0.1) is 0 Å². The van der Waals surface area contributed by atoms with Crippen molar-refractivity contribution in [2.75, 3.05) is 43.1 Å². The second kappa shape index (κ2) is 10.0. The summed E-state index contributed by atoms with van der Waals surface area (Å²) < 4.78 is 18.5. The molecule has 0 unspecified atom stereocenters. The highest BCUT2D eigenvalue weighted by molar-refractivity contribution is 6.01. The predicted octanol–water partition coefficient (Wildman–Crippen LogP) is 4.64. The normalized spacial score (nSPS) is 13.7. The van der Waals surface area contributed by atoms with E-state index < -0.39 is 0 Å². The molecule has 1 amide bonds. The Kier molecular flexibility index (Phi) is 6.48. The van der Waals surface area contributed by atoms with Crippen LogP contribution in [0.4, 0.5) is 15.9 Å². The fourth-order valence-electron chi connectivity index (χ4n) is 4.44. The topological polar surface area (TPSA) is 57.7 Å². The molecule has 2 heterocycles. The Morgan fingerprint density at radius 1 is 0.971 bits per heavy atom. The third-order valence-corrected chi connectivity index (χ3v) is 6.37. The zero-order valence-electron chi connectivity index (χ0n) is 19.6. The van der Waals surface area contributed by atoms with Crippen LogP contribution in [0.5, 0.6) is 5.75 Å². The van der Waals surface area contributed by atoms with E-state index >= 15 is 0 Å². The molecule has 178 valence electrons. The van der Waals surface area contributed by atoms with E-state index in [4.69, 9.17) is 4.74 Å². The van der Waals surface area contributed by atoms with Crippen LogP contribution in [0.1, 0.15) is 15.9 Å². The summed E-state index contributed by atoms with van der Waals surface area (Å²) in [6.07, 6.45) is 1.81. The number of aromatic nitrogens is 1. The fourth-order valence-corrected chi connectivity index (χ4v) is 4.44. The van der Waals surface area contributed by atoms with E-state index in [9.17, 15) is 9.18 Å². The molecule has 1 fully saturated rings. The molecular weight excluding hydrogens is 443 g/mol. The summed E-state index contributed by atoms with van der Waals surface area (Å²) in [6, 6.07) is 22.0. The Hall–Kier alpha value is -4.13. The average molecular weight is 471 g/mol. The number of amides is 1. The highest BCUT2D eigenvalue weighted by Crippen LogP contribution is 2.27. The third kappa shape index (κ3) is 5.04.